The number of aryl methyl sites for hydroxylation is 1. The molecule has 0 aliphatic carbocycles. The van der Waals surface area contributed by atoms with E-state index in [0.29, 0.717) is 4.99 Å². The molecule has 4 heteroatoms. The molecule has 0 radical (unpaired) electrons. The summed E-state index contributed by atoms with van der Waals surface area (Å²) < 4.78 is 0. The zero-order valence-electron chi connectivity index (χ0n) is 11.8. The van der Waals surface area contributed by atoms with Gasteiger partial charge >= 0.3 is 0 Å². The Balaban J connectivity index is 2.08. The summed E-state index contributed by atoms with van der Waals surface area (Å²) in [6, 6.07) is 14.1. The minimum absolute atomic E-state index is 0.447. The molecular weight excluding hydrogens is 266 g/mol. The van der Waals surface area contributed by atoms with Crippen LogP contribution in [0.5, 0.6) is 0 Å². The van der Waals surface area contributed by atoms with Crippen molar-refractivity contribution in [2.24, 2.45) is 5.73 Å². The van der Waals surface area contributed by atoms with Gasteiger partial charge in [-0.15, -0.1) is 0 Å². The molecule has 2 aromatic rings. The largest absolute Gasteiger partial charge is 0.389 e. The third-order valence-corrected chi connectivity index (χ3v) is 3.32. The number of rotatable bonds is 5. The molecule has 0 unspecified atom stereocenters. The number of hydrogen-bond acceptors (Lipinski definition) is 3. The zero-order valence-corrected chi connectivity index (χ0v) is 12.7. The van der Waals surface area contributed by atoms with Crippen LogP contribution in [-0.4, -0.2) is 21.9 Å². The van der Waals surface area contributed by atoms with E-state index in [1.807, 2.05) is 43.3 Å². The lowest BCUT2D eigenvalue weighted by molar-refractivity contribution is 0.315. The van der Waals surface area contributed by atoms with E-state index in [9.17, 15) is 0 Å². The molecule has 0 spiro atoms. The lowest BCUT2D eigenvalue weighted by Crippen LogP contribution is -2.21. The van der Waals surface area contributed by atoms with E-state index in [0.717, 1.165) is 35.6 Å². The number of nitrogens with zero attached hydrogens (tertiary/aromatic N) is 2. The zero-order chi connectivity index (χ0) is 14.5. The maximum absolute atomic E-state index is 5.76. The van der Waals surface area contributed by atoms with Crippen LogP contribution in [0.1, 0.15) is 22.5 Å². The highest BCUT2D eigenvalue weighted by molar-refractivity contribution is 7.80. The van der Waals surface area contributed by atoms with Crippen LogP contribution in [0, 0.1) is 6.92 Å². The van der Waals surface area contributed by atoms with E-state index < -0.39 is 0 Å². The average molecular weight is 285 g/mol. The molecule has 1 heterocycles. The number of nitrogens with two attached hydrogens (primary N) is 1. The average Bonchev–Trinajstić information content (AvgIpc) is 2.38. The Morgan fingerprint density at radius 3 is 2.60 bits per heavy atom. The highest BCUT2D eigenvalue weighted by atomic mass is 32.1. The summed E-state index contributed by atoms with van der Waals surface area (Å²) in [6.45, 7) is 3.60. The van der Waals surface area contributed by atoms with E-state index in [4.69, 9.17) is 18.0 Å². The maximum atomic E-state index is 5.76. The lowest BCUT2D eigenvalue weighted by atomic mass is 10.1. The Morgan fingerprint density at radius 1 is 1.15 bits per heavy atom. The van der Waals surface area contributed by atoms with Gasteiger partial charge in [0, 0.05) is 24.3 Å². The van der Waals surface area contributed by atoms with E-state index in [1.54, 1.807) is 0 Å². The smallest absolute Gasteiger partial charge is 0.104 e. The van der Waals surface area contributed by atoms with Crippen molar-refractivity contribution >= 4 is 17.2 Å². The molecule has 0 amide bonds. The molecule has 0 bridgehead atoms. The fourth-order valence-corrected chi connectivity index (χ4v) is 2.41. The molecule has 0 saturated heterocycles. The Hall–Kier alpha value is -1.78. The number of thiocarbonyl (C=S) groups is 1. The maximum Gasteiger partial charge on any atom is 0.104 e. The van der Waals surface area contributed by atoms with Crippen LogP contribution in [-0.2, 0) is 13.1 Å². The van der Waals surface area contributed by atoms with E-state index in [-0.39, 0.29) is 0 Å². The monoisotopic (exact) mass is 285 g/mol. The highest BCUT2D eigenvalue weighted by Gasteiger charge is 2.08. The molecule has 20 heavy (non-hydrogen) atoms. The Kier molecular flexibility index (Phi) is 4.82. The second-order valence-corrected chi connectivity index (χ2v) is 5.40. The molecular formula is C16H19N3S. The topological polar surface area (TPSA) is 42.1 Å². The van der Waals surface area contributed by atoms with Crippen molar-refractivity contribution in [2.75, 3.05) is 7.05 Å². The van der Waals surface area contributed by atoms with Crippen molar-refractivity contribution < 1.29 is 0 Å². The molecule has 0 aliphatic rings. The van der Waals surface area contributed by atoms with Gasteiger partial charge < -0.3 is 5.73 Å². The van der Waals surface area contributed by atoms with E-state index >= 15 is 0 Å². The summed E-state index contributed by atoms with van der Waals surface area (Å²) in [7, 11) is 2.07. The van der Waals surface area contributed by atoms with Crippen LogP contribution in [0.15, 0.2) is 42.5 Å². The van der Waals surface area contributed by atoms with Crippen LogP contribution >= 0.6 is 12.2 Å². The molecule has 3 nitrogen and oxygen atoms in total. The quantitative estimate of drug-likeness (QED) is 0.858. The van der Waals surface area contributed by atoms with Crippen molar-refractivity contribution in [1.82, 2.24) is 9.88 Å². The van der Waals surface area contributed by atoms with Crippen molar-refractivity contribution in [2.45, 2.75) is 20.0 Å². The van der Waals surface area contributed by atoms with Gasteiger partial charge in [-0.05, 0) is 31.7 Å². The first-order valence-electron chi connectivity index (χ1n) is 6.55. The summed E-state index contributed by atoms with van der Waals surface area (Å²) in [4.78, 5) is 7.17. The molecule has 0 aliphatic heterocycles. The van der Waals surface area contributed by atoms with E-state index in [2.05, 4.69) is 23.0 Å². The SMILES string of the molecule is Cc1cccc(CN(C)Cc2ccccc2C(N)=S)n1. The molecule has 1 aromatic heterocycles. The van der Waals surface area contributed by atoms with Crippen LogP contribution in [0.2, 0.25) is 0 Å². The van der Waals surface area contributed by atoms with E-state index in [1.165, 1.54) is 0 Å². The molecule has 0 fully saturated rings. The van der Waals surface area contributed by atoms with Crippen molar-refractivity contribution in [1.29, 1.82) is 0 Å². The van der Waals surface area contributed by atoms with Gasteiger partial charge in [-0.3, -0.25) is 9.88 Å². The van der Waals surface area contributed by atoms with Gasteiger partial charge in [0.2, 0.25) is 0 Å². The third-order valence-electron chi connectivity index (χ3n) is 3.10. The van der Waals surface area contributed by atoms with Crippen molar-refractivity contribution in [3.05, 3.63) is 65.0 Å². The summed E-state index contributed by atoms with van der Waals surface area (Å²) in [5.74, 6) is 0. The molecule has 0 atom stereocenters. The van der Waals surface area contributed by atoms with Crippen LogP contribution in [0.3, 0.4) is 0 Å². The second kappa shape index (κ2) is 6.59. The summed E-state index contributed by atoms with van der Waals surface area (Å²) in [6.07, 6.45) is 0. The molecule has 2 N–H and O–H groups in total. The normalized spacial score (nSPS) is 10.8. The molecule has 1 aromatic carbocycles. The first kappa shape index (κ1) is 14.6. The first-order valence-corrected chi connectivity index (χ1v) is 6.96. The van der Waals surface area contributed by atoms with Crippen LogP contribution < -0.4 is 5.73 Å². The summed E-state index contributed by atoms with van der Waals surface area (Å²) in [5, 5.41) is 0. The third kappa shape index (κ3) is 3.85. The predicted octanol–water partition coefficient (Wildman–Crippen LogP) is 2.66. The van der Waals surface area contributed by atoms with Gasteiger partial charge in [-0.2, -0.15) is 0 Å². The van der Waals surface area contributed by atoms with Crippen molar-refractivity contribution in [3.8, 4) is 0 Å². The Bertz CT molecular complexity index is 610. The molecule has 2 rings (SSSR count). The fourth-order valence-electron chi connectivity index (χ4n) is 2.21. The van der Waals surface area contributed by atoms with Crippen LogP contribution in [0.25, 0.3) is 0 Å². The summed E-state index contributed by atoms with van der Waals surface area (Å²) >= 11 is 5.10. The number of pyridine rings is 1. The van der Waals surface area contributed by atoms with Crippen LogP contribution in [0.4, 0.5) is 0 Å². The Morgan fingerprint density at radius 2 is 1.90 bits per heavy atom. The standard InChI is InChI=1S/C16H19N3S/c1-12-6-5-8-14(18-12)11-19(2)10-13-7-3-4-9-15(13)16(17)20/h3-9H,10-11H2,1-2H3,(H2,17,20). The lowest BCUT2D eigenvalue weighted by Gasteiger charge is -2.18. The Labute approximate surface area is 125 Å². The summed E-state index contributed by atoms with van der Waals surface area (Å²) in [5.41, 5.74) is 9.97. The first-order chi connectivity index (χ1) is 9.56. The highest BCUT2D eigenvalue weighted by Crippen LogP contribution is 2.12. The van der Waals surface area contributed by atoms with Crippen molar-refractivity contribution in [3.63, 3.8) is 0 Å². The van der Waals surface area contributed by atoms with Gasteiger partial charge in [0.25, 0.3) is 0 Å². The van der Waals surface area contributed by atoms with Gasteiger partial charge in [0.1, 0.15) is 4.99 Å². The number of hydrogen-bond donors (Lipinski definition) is 1. The van der Waals surface area contributed by atoms with Gasteiger partial charge in [0.15, 0.2) is 0 Å². The van der Waals surface area contributed by atoms with Gasteiger partial charge in [-0.1, -0.05) is 42.5 Å². The predicted molar refractivity (Wildman–Crippen MR) is 86.5 cm³/mol. The molecule has 0 saturated carbocycles. The fraction of sp³-hybridized carbons (Fsp3) is 0.250. The number of benzene rings is 1. The van der Waals surface area contributed by atoms with Gasteiger partial charge in [-0.25, -0.2) is 0 Å². The van der Waals surface area contributed by atoms with Gasteiger partial charge in [0.05, 0.1) is 5.69 Å². The number of aromatic nitrogens is 1. The minimum atomic E-state index is 0.447. The second-order valence-electron chi connectivity index (χ2n) is 4.96. The molecule has 104 valence electrons. The minimum Gasteiger partial charge on any atom is -0.389 e.